The number of hydrogen-bond acceptors (Lipinski definition) is 12. The van der Waals surface area contributed by atoms with Crippen LogP contribution in [-0.2, 0) is 38.7 Å². The maximum absolute atomic E-state index is 14.6. The van der Waals surface area contributed by atoms with E-state index in [-0.39, 0.29) is 80.0 Å². The molecule has 0 radical (unpaired) electrons. The Balaban J connectivity index is 0.739. The van der Waals surface area contributed by atoms with Gasteiger partial charge in [-0.25, -0.2) is 9.26 Å². The maximum Gasteiger partial charge on any atom is 0.254 e. The van der Waals surface area contributed by atoms with E-state index in [1.807, 2.05) is 70.2 Å². The molecule has 2 aliphatic heterocycles. The van der Waals surface area contributed by atoms with Gasteiger partial charge in [-0.3, -0.25) is 33.6 Å². The average molecular weight is 1320 g/mol. The summed E-state index contributed by atoms with van der Waals surface area (Å²) in [5.74, 6) is -0.846. The van der Waals surface area contributed by atoms with Crippen LogP contribution in [0.1, 0.15) is 146 Å². The lowest BCUT2D eigenvalue weighted by Gasteiger charge is -2.35. The molecule has 1 aliphatic carbocycles. The van der Waals surface area contributed by atoms with Crippen LogP contribution in [0, 0.1) is 19.8 Å². The summed E-state index contributed by atoms with van der Waals surface area (Å²) >= 11 is 0. The highest BCUT2D eigenvalue weighted by molar-refractivity contribution is 6.10. The number of fused-ring (bicyclic) bond motifs is 2. The van der Waals surface area contributed by atoms with Crippen molar-refractivity contribution in [3.05, 3.63) is 190 Å². The number of aliphatic hydroxyl groups excluding tert-OH is 1. The second kappa shape index (κ2) is 34.2. The monoisotopic (exact) mass is 1320 g/mol. The van der Waals surface area contributed by atoms with Gasteiger partial charge in [-0.05, 0) is 114 Å². The van der Waals surface area contributed by atoms with Gasteiger partial charge in [0.05, 0.1) is 37.5 Å². The summed E-state index contributed by atoms with van der Waals surface area (Å²) in [6.45, 7) is 21.5. The minimum atomic E-state index is -1.00. The van der Waals surface area contributed by atoms with Crippen molar-refractivity contribution in [2.75, 3.05) is 63.8 Å². The molecular weight excluding hydrogens is 1220 g/mol. The van der Waals surface area contributed by atoms with E-state index in [2.05, 4.69) is 105 Å². The molecule has 3 heterocycles. The third-order valence-electron chi connectivity index (χ3n) is 18.1. The van der Waals surface area contributed by atoms with Gasteiger partial charge in [0.15, 0.2) is 5.78 Å². The largest absolute Gasteiger partial charge is 0.456 e. The first-order chi connectivity index (χ1) is 46.8. The first kappa shape index (κ1) is 71.5. The third kappa shape index (κ3) is 18.8. The summed E-state index contributed by atoms with van der Waals surface area (Å²) in [7, 11) is 0. The van der Waals surface area contributed by atoms with Gasteiger partial charge in [-0.1, -0.05) is 116 Å². The van der Waals surface area contributed by atoms with Crippen molar-refractivity contribution in [3.8, 4) is 22.5 Å². The number of carbonyl (C=O) groups is 7. The lowest BCUT2D eigenvalue weighted by Crippen LogP contribution is -2.50. The Morgan fingerprint density at radius 1 is 0.680 bits per heavy atom. The second-order valence-corrected chi connectivity index (χ2v) is 25.5. The topological polar surface area (TPSA) is 244 Å². The summed E-state index contributed by atoms with van der Waals surface area (Å²) in [5.41, 5.74) is 9.57. The smallest absolute Gasteiger partial charge is 0.254 e. The van der Waals surface area contributed by atoms with Gasteiger partial charge in [-0.15, -0.1) is 5.10 Å². The summed E-state index contributed by atoms with van der Waals surface area (Å²) in [6, 6.07) is 40.3. The third-order valence-corrected chi connectivity index (χ3v) is 18.1. The van der Waals surface area contributed by atoms with Gasteiger partial charge in [-0.2, -0.15) is 0 Å². The zero-order valence-corrected chi connectivity index (χ0v) is 57.4. The molecule has 6 aromatic rings. The molecule has 6 amide bonds. The zero-order valence-electron chi connectivity index (χ0n) is 57.4. The molecule has 3 aliphatic rings. The van der Waals surface area contributed by atoms with E-state index >= 15 is 0 Å². The fourth-order valence-corrected chi connectivity index (χ4v) is 12.8. The minimum absolute atomic E-state index is 0.0117. The quantitative estimate of drug-likeness (QED) is 0.0118. The highest BCUT2D eigenvalue weighted by Gasteiger charge is 2.30. The number of unbranched alkanes of at least 4 members (excludes halogenated alkanes) is 2. The fraction of sp³-hybridized carbons (Fsp3) is 0.403. The van der Waals surface area contributed by atoms with Crippen molar-refractivity contribution in [3.63, 3.8) is 0 Å². The summed E-state index contributed by atoms with van der Waals surface area (Å²) in [4.78, 5) is 101. The number of aliphatic hydroxyl groups is 1. The number of amides is 6. The van der Waals surface area contributed by atoms with E-state index in [0.717, 1.165) is 81.8 Å². The Morgan fingerprint density at radius 3 is 2.10 bits per heavy atom. The Bertz CT molecular complexity index is 4090. The number of carbonyl (C=O) groups excluding carboxylic acids is 7. The molecule has 0 bridgehead atoms. The van der Waals surface area contributed by atoms with Gasteiger partial charge < -0.3 is 45.5 Å². The van der Waals surface area contributed by atoms with Crippen LogP contribution in [0.4, 0.5) is 5.69 Å². The molecular formula is C77H94N11O9+. The average Bonchev–Trinajstić information content (AvgIpc) is 0.895. The SMILES string of the molecule is CCN(CC)c1ccc2c(-c3ccccc3C(=O)N3CCN(C(=O)CCC(=O)NCCCCCC(=O)N[C@@H](Cc4ccc(C(=O)c5ccccc5)cc4)C(=O)NCc4cn(CC(O)[C@H](CC(C)C)NC(=O)c5ccc(C)cc5C)nn4)CC3)c3ccc(=[N+](CC)CC)cc-3oc2c1. The number of anilines is 1. The van der Waals surface area contributed by atoms with Crippen LogP contribution in [0.3, 0.4) is 0 Å². The van der Waals surface area contributed by atoms with Crippen LogP contribution >= 0.6 is 0 Å². The first-order valence-corrected chi connectivity index (χ1v) is 34.3. The van der Waals surface area contributed by atoms with Crippen LogP contribution in [0.25, 0.3) is 33.4 Å². The molecule has 1 unspecified atom stereocenters. The Labute approximate surface area is 568 Å². The zero-order chi connectivity index (χ0) is 69.1. The molecule has 0 saturated carbocycles. The van der Waals surface area contributed by atoms with Crippen molar-refractivity contribution >= 4 is 57.9 Å². The van der Waals surface area contributed by atoms with Crippen LogP contribution < -0.4 is 36.1 Å². The normalized spacial score (nSPS) is 13.3. The number of hydrogen-bond donors (Lipinski definition) is 5. The summed E-state index contributed by atoms with van der Waals surface area (Å²) < 4.78 is 10.5. The van der Waals surface area contributed by atoms with Gasteiger partial charge in [0, 0.05) is 128 Å². The number of nitrogens with one attached hydrogen (secondary N) is 4. The molecule has 20 nitrogen and oxygen atoms in total. The number of nitrogens with zero attached hydrogens (tertiary/aromatic N) is 7. The van der Waals surface area contributed by atoms with Crippen molar-refractivity contribution in [2.24, 2.45) is 5.92 Å². The molecule has 1 saturated heterocycles. The van der Waals surface area contributed by atoms with Crippen LogP contribution in [0.15, 0.2) is 144 Å². The fourth-order valence-electron chi connectivity index (χ4n) is 12.8. The first-order valence-electron chi connectivity index (χ1n) is 34.3. The van der Waals surface area contributed by atoms with Gasteiger partial charge in [0.25, 0.3) is 11.8 Å². The van der Waals surface area contributed by atoms with E-state index in [1.165, 1.54) is 4.68 Å². The number of benzene rings is 6. The van der Waals surface area contributed by atoms with Crippen LogP contribution in [0.5, 0.6) is 0 Å². The van der Waals surface area contributed by atoms with Gasteiger partial charge >= 0.3 is 0 Å². The Morgan fingerprint density at radius 2 is 1.39 bits per heavy atom. The molecule has 5 N–H and O–H groups in total. The highest BCUT2D eigenvalue weighted by Crippen LogP contribution is 2.42. The van der Waals surface area contributed by atoms with E-state index in [4.69, 9.17) is 4.42 Å². The van der Waals surface area contributed by atoms with Crippen molar-refractivity contribution in [1.82, 2.24) is 50.6 Å². The second-order valence-electron chi connectivity index (χ2n) is 25.5. The summed E-state index contributed by atoms with van der Waals surface area (Å²) in [5, 5.41) is 33.5. The minimum Gasteiger partial charge on any atom is -0.456 e. The number of aromatic nitrogens is 3. The maximum atomic E-state index is 14.6. The summed E-state index contributed by atoms with van der Waals surface area (Å²) in [6.07, 6.45) is 3.10. The van der Waals surface area contributed by atoms with E-state index < -0.39 is 24.1 Å². The molecule has 3 atom stereocenters. The Kier molecular flexibility index (Phi) is 25.2. The highest BCUT2D eigenvalue weighted by atomic mass is 16.3. The van der Waals surface area contributed by atoms with Gasteiger partial charge in [0.1, 0.15) is 36.2 Å². The standard InChI is InChI=1S/C77H93N11O9/c1-9-84(10-2)58-31-34-63-68(46-58)97-69-47-59(85(11-3)12-4)32-35-64(69)73(63)61-23-18-19-24-62(61)77(96)87-41-39-86(40-42-87)72(92)37-36-70(90)78-38-20-14-17-25-71(91)80-66(45-54-27-29-56(30-28-54)74(93)55-21-15-13-16-22-55)76(95)79-48-57-49-88(83-82-57)50-67(89)65(43-51(5)6)81-75(94)60-33-26-52(7)44-53(60)8/h13,15-16,18-19,21-24,26-35,44,46-47,49,51,65-67,89H,9-12,14,17,20,25,36-43,45,48,50H2,1-8H3,(H3-,78,79,80,81,90,91,94,95)/p+1/t65-,66-,67?/m0/s1. The van der Waals surface area contributed by atoms with Crippen LogP contribution in [-0.4, -0.2) is 148 Å². The van der Waals surface area contributed by atoms with E-state index in [0.29, 0.717) is 91.9 Å². The molecule has 9 rings (SSSR count). The lowest BCUT2D eigenvalue weighted by molar-refractivity contribution is -0.134. The van der Waals surface area contributed by atoms with Crippen molar-refractivity contribution in [2.45, 2.75) is 138 Å². The van der Waals surface area contributed by atoms with Crippen molar-refractivity contribution in [1.29, 1.82) is 0 Å². The Hall–Kier alpha value is -9.82. The van der Waals surface area contributed by atoms with Crippen LogP contribution in [0.2, 0.25) is 0 Å². The number of rotatable bonds is 31. The van der Waals surface area contributed by atoms with Gasteiger partial charge in [0.2, 0.25) is 29.0 Å². The molecule has 510 valence electrons. The predicted octanol–water partition coefficient (Wildman–Crippen LogP) is 9.29. The molecule has 1 fully saturated rings. The molecule has 0 spiro atoms. The van der Waals surface area contributed by atoms with Crippen molar-refractivity contribution < 1.29 is 43.1 Å². The molecule has 20 heteroatoms. The number of aryl methyl sites for hydroxylation is 2. The van der Waals surface area contributed by atoms with E-state index in [1.54, 1.807) is 70.6 Å². The predicted molar refractivity (Wildman–Crippen MR) is 378 cm³/mol. The number of piperazine rings is 1. The molecule has 97 heavy (non-hydrogen) atoms. The molecule has 1 aromatic heterocycles. The van der Waals surface area contributed by atoms with E-state index in [9.17, 15) is 38.7 Å². The number of ketones is 1. The molecule has 5 aromatic carbocycles. The lowest BCUT2D eigenvalue weighted by atomic mass is 9.90.